The Morgan fingerprint density at radius 2 is 0.872 bits per heavy atom. The molecule has 0 heterocycles. The number of halogens is 14. The molecule has 2 aromatic carbocycles. The molecule has 218 valence electrons. The molecule has 0 radical (unpaired) electrons. The molecule has 0 unspecified atom stereocenters. The molecule has 1 nitrogen and oxygen atoms in total. The van der Waals surface area contributed by atoms with E-state index in [0.29, 0.717) is 11.1 Å². The van der Waals surface area contributed by atoms with E-state index in [4.69, 9.17) is 0 Å². The number of alkyl halides is 14. The highest BCUT2D eigenvalue weighted by molar-refractivity contribution is 5.79. The first kappa shape index (κ1) is 31.0. The Morgan fingerprint density at radius 3 is 1.15 bits per heavy atom. The smallest absolute Gasteiger partial charge is 0.395 e. The highest BCUT2D eigenvalue weighted by Crippen LogP contribution is 2.51. The topological polar surface area (TPSA) is 20.2 Å². The van der Waals surface area contributed by atoms with E-state index in [0.717, 1.165) is 0 Å². The van der Waals surface area contributed by atoms with Gasteiger partial charge in [-0.1, -0.05) is 36.4 Å². The van der Waals surface area contributed by atoms with Crippen molar-refractivity contribution in [2.24, 2.45) is 0 Å². The fourth-order valence-corrected chi connectivity index (χ4v) is 4.30. The van der Waals surface area contributed by atoms with E-state index in [1.807, 2.05) is 0 Å². The Morgan fingerprint density at radius 1 is 0.538 bits per heavy atom. The number of hydrogen-bond donors (Lipinski definition) is 1. The molecular weight excluding hydrogens is 570 g/mol. The maximum atomic E-state index is 13.7. The van der Waals surface area contributed by atoms with Gasteiger partial charge in [-0.15, -0.1) is 0 Å². The average Bonchev–Trinajstić information content (AvgIpc) is 3.11. The molecule has 15 heteroatoms. The van der Waals surface area contributed by atoms with E-state index >= 15 is 0 Å². The summed E-state index contributed by atoms with van der Waals surface area (Å²) in [5.74, 6) is -24.4. The minimum absolute atomic E-state index is 0.0769. The summed E-state index contributed by atoms with van der Waals surface area (Å²) in [6.45, 7) is -0.669. The van der Waals surface area contributed by atoms with Gasteiger partial charge in [-0.2, -0.15) is 61.5 Å². The number of rotatable bonds is 9. The van der Waals surface area contributed by atoms with Gasteiger partial charge < -0.3 is 5.11 Å². The quantitative estimate of drug-likeness (QED) is 0.292. The summed E-state index contributed by atoms with van der Waals surface area (Å²) in [7, 11) is 0. The number of fused-ring (bicyclic) bond motifs is 3. The van der Waals surface area contributed by atoms with Crippen molar-refractivity contribution in [3.05, 3.63) is 58.7 Å². The predicted molar refractivity (Wildman–Crippen MR) is 109 cm³/mol. The van der Waals surface area contributed by atoms with Gasteiger partial charge in [0.1, 0.15) is 0 Å². The highest BCUT2D eigenvalue weighted by atomic mass is 19.4. The molecule has 0 amide bonds. The first-order valence-corrected chi connectivity index (χ1v) is 11.1. The van der Waals surface area contributed by atoms with Crippen LogP contribution >= 0.6 is 0 Å². The molecule has 0 aromatic heterocycles. The lowest BCUT2D eigenvalue weighted by molar-refractivity contribution is -0.355. The molecule has 0 bridgehead atoms. The van der Waals surface area contributed by atoms with Crippen molar-refractivity contribution in [3.63, 3.8) is 0 Å². The Bertz CT molecular complexity index is 1100. The second-order valence-electron chi connectivity index (χ2n) is 9.13. The fourth-order valence-electron chi connectivity index (χ4n) is 4.30. The van der Waals surface area contributed by atoms with Crippen LogP contribution in [0, 0.1) is 0 Å². The minimum Gasteiger partial charge on any atom is -0.395 e. The van der Waals surface area contributed by atoms with E-state index in [1.54, 1.807) is 0 Å². The first-order valence-electron chi connectivity index (χ1n) is 11.1. The lowest BCUT2D eigenvalue weighted by Crippen LogP contribution is -2.52. The average molecular weight is 588 g/mol. The molecule has 0 saturated heterocycles. The van der Waals surface area contributed by atoms with Gasteiger partial charge in [-0.25, -0.2) is 0 Å². The molecule has 2 aromatic rings. The third-order valence-corrected chi connectivity index (χ3v) is 6.54. The number of hydrogen-bond acceptors (Lipinski definition) is 1. The normalized spacial score (nSPS) is 15.5. The zero-order valence-electron chi connectivity index (χ0n) is 19.3. The van der Waals surface area contributed by atoms with E-state index in [-0.39, 0.29) is 22.3 Å². The van der Waals surface area contributed by atoms with Gasteiger partial charge in [0.15, 0.2) is 0 Å². The molecule has 0 aliphatic heterocycles. The van der Waals surface area contributed by atoms with Crippen LogP contribution in [0.5, 0.6) is 0 Å². The van der Waals surface area contributed by atoms with Crippen LogP contribution in [0.25, 0.3) is 11.1 Å². The summed E-state index contributed by atoms with van der Waals surface area (Å²) >= 11 is 0. The fraction of sp³-hybridized carbons (Fsp3) is 0.500. The first-order chi connectivity index (χ1) is 17.6. The number of aliphatic hydroxyl groups is 1. The second-order valence-corrected chi connectivity index (χ2v) is 9.13. The van der Waals surface area contributed by atoms with E-state index in [1.165, 1.54) is 36.4 Å². The Kier molecular flexibility index (Phi) is 7.78. The molecule has 1 N–H and O–H groups in total. The number of aryl methyl sites for hydroxylation is 2. The molecule has 0 atom stereocenters. The van der Waals surface area contributed by atoms with Crippen LogP contribution in [0.15, 0.2) is 36.4 Å². The van der Waals surface area contributed by atoms with Crippen molar-refractivity contribution in [2.45, 2.75) is 67.6 Å². The standard InChI is InChI=1S/C24H18F14O/c25-19(26,21(29,30)23(33,34)35)7-5-12-1-3-14-15-4-2-13(10-17(15)18(11-39)16(14)9-12)6-8-20(27,28)22(31,32)24(36,37)38/h1-4,9-10,18,39H,5-8,11H2. The van der Waals surface area contributed by atoms with Crippen molar-refractivity contribution in [3.8, 4) is 11.1 Å². The molecule has 3 rings (SSSR count). The van der Waals surface area contributed by atoms with Gasteiger partial charge in [-0.3, -0.25) is 0 Å². The van der Waals surface area contributed by atoms with Gasteiger partial charge in [0.05, 0.1) is 6.61 Å². The van der Waals surface area contributed by atoms with Crippen LogP contribution in [-0.4, -0.2) is 47.8 Å². The maximum Gasteiger partial charge on any atom is 0.459 e. The van der Waals surface area contributed by atoms with Crippen LogP contribution in [0.4, 0.5) is 61.5 Å². The van der Waals surface area contributed by atoms with Crippen molar-refractivity contribution in [1.29, 1.82) is 0 Å². The lowest BCUT2D eigenvalue weighted by atomic mass is 9.93. The Hall–Kier alpha value is -2.58. The Balaban J connectivity index is 1.81. The third-order valence-electron chi connectivity index (χ3n) is 6.54. The third kappa shape index (κ3) is 5.42. The Labute approximate surface area is 211 Å². The van der Waals surface area contributed by atoms with Crippen LogP contribution in [0.1, 0.15) is 41.0 Å². The highest BCUT2D eigenvalue weighted by Gasteiger charge is 2.73. The predicted octanol–water partition coefficient (Wildman–Crippen LogP) is 8.32. The molecular formula is C24H18F14O. The summed E-state index contributed by atoms with van der Waals surface area (Å²) in [6, 6.07) is 7.37. The SMILES string of the molecule is OCC1c2cc(CCC(F)(F)C(F)(F)C(F)(F)F)ccc2-c2ccc(CCC(F)(F)C(F)(F)C(F)(F)F)cc21. The molecule has 1 aliphatic rings. The summed E-state index contributed by atoms with van der Waals surface area (Å²) < 4.78 is 182. The largest absolute Gasteiger partial charge is 0.459 e. The van der Waals surface area contributed by atoms with Crippen LogP contribution in [-0.2, 0) is 12.8 Å². The van der Waals surface area contributed by atoms with Gasteiger partial charge in [0.2, 0.25) is 0 Å². The minimum atomic E-state index is -6.48. The number of benzene rings is 2. The lowest BCUT2D eigenvalue weighted by Gasteiger charge is -2.28. The van der Waals surface area contributed by atoms with Crippen molar-refractivity contribution < 1.29 is 66.6 Å². The summed E-state index contributed by atoms with van der Waals surface area (Å²) in [4.78, 5) is 0. The molecule has 0 fully saturated rings. The van der Waals surface area contributed by atoms with E-state index in [9.17, 15) is 66.6 Å². The molecule has 0 spiro atoms. The van der Waals surface area contributed by atoms with Gasteiger partial charge in [-0.05, 0) is 46.2 Å². The monoisotopic (exact) mass is 588 g/mol. The van der Waals surface area contributed by atoms with Crippen LogP contribution in [0.2, 0.25) is 0 Å². The van der Waals surface area contributed by atoms with Gasteiger partial charge >= 0.3 is 36.0 Å². The van der Waals surface area contributed by atoms with E-state index < -0.39 is 74.3 Å². The van der Waals surface area contributed by atoms with Crippen LogP contribution < -0.4 is 0 Å². The zero-order chi connectivity index (χ0) is 29.8. The second kappa shape index (κ2) is 9.81. The maximum absolute atomic E-state index is 13.7. The number of aliphatic hydroxyl groups excluding tert-OH is 1. The summed E-state index contributed by atoms with van der Waals surface area (Å²) in [5.41, 5.74) is 1.07. The summed E-state index contributed by atoms with van der Waals surface area (Å²) in [5, 5.41) is 9.86. The molecule has 1 aliphatic carbocycles. The molecule has 0 saturated carbocycles. The van der Waals surface area contributed by atoms with Crippen molar-refractivity contribution >= 4 is 0 Å². The van der Waals surface area contributed by atoms with Crippen molar-refractivity contribution in [2.75, 3.05) is 6.61 Å². The summed E-state index contributed by atoms with van der Waals surface area (Å²) in [6.07, 6.45) is -18.5. The van der Waals surface area contributed by atoms with Crippen LogP contribution in [0.3, 0.4) is 0 Å². The molecule has 39 heavy (non-hydrogen) atoms. The van der Waals surface area contributed by atoms with Crippen molar-refractivity contribution in [1.82, 2.24) is 0 Å². The van der Waals surface area contributed by atoms with Gasteiger partial charge in [0, 0.05) is 18.8 Å². The van der Waals surface area contributed by atoms with Gasteiger partial charge in [0.25, 0.3) is 0 Å². The van der Waals surface area contributed by atoms with E-state index in [2.05, 4.69) is 0 Å². The zero-order valence-corrected chi connectivity index (χ0v) is 19.3.